The number of anilines is 2. The van der Waals surface area contributed by atoms with Crippen molar-refractivity contribution < 1.29 is 9.59 Å². The zero-order chi connectivity index (χ0) is 16.9. The van der Waals surface area contributed by atoms with E-state index >= 15 is 0 Å². The monoisotopic (exact) mass is 329 g/mol. The summed E-state index contributed by atoms with van der Waals surface area (Å²) in [4.78, 5) is 26.3. The molecule has 2 unspecified atom stereocenters. The maximum absolute atomic E-state index is 12.5. The van der Waals surface area contributed by atoms with Gasteiger partial charge < -0.3 is 15.5 Å². The first-order chi connectivity index (χ1) is 11.6. The lowest BCUT2D eigenvalue weighted by atomic mass is 9.85. The van der Waals surface area contributed by atoms with Crippen LogP contribution in [0.2, 0.25) is 0 Å². The Labute approximate surface area is 143 Å². The number of hydrogen-bond donors (Lipinski definition) is 2. The van der Waals surface area contributed by atoms with Crippen LogP contribution in [0.5, 0.6) is 0 Å². The fourth-order valence-corrected chi connectivity index (χ4v) is 3.74. The average Bonchev–Trinajstić information content (AvgIpc) is 3.02. The number of nitrogens with zero attached hydrogens (tertiary/aromatic N) is 1. The van der Waals surface area contributed by atoms with E-state index in [4.69, 9.17) is 0 Å². The van der Waals surface area contributed by atoms with Crippen molar-refractivity contribution >= 4 is 23.2 Å². The lowest BCUT2D eigenvalue weighted by Crippen LogP contribution is -2.34. The van der Waals surface area contributed by atoms with Gasteiger partial charge in [0.15, 0.2) is 0 Å². The molecule has 5 nitrogen and oxygen atoms in total. The van der Waals surface area contributed by atoms with E-state index in [0.29, 0.717) is 24.7 Å². The largest absolute Gasteiger partial charge is 0.324 e. The van der Waals surface area contributed by atoms with Gasteiger partial charge in [-0.3, -0.25) is 9.59 Å². The second-order valence-electron chi connectivity index (χ2n) is 7.00. The predicted octanol–water partition coefficient (Wildman–Crippen LogP) is 2.78. The number of hydrogen-bond acceptors (Lipinski definition) is 3. The Hall–Kier alpha value is -1.88. The van der Waals surface area contributed by atoms with Crippen molar-refractivity contribution in [3.63, 3.8) is 0 Å². The Balaban J connectivity index is 1.63. The van der Waals surface area contributed by atoms with Crippen molar-refractivity contribution in [3.8, 4) is 0 Å². The average molecular weight is 329 g/mol. The van der Waals surface area contributed by atoms with Crippen LogP contribution in [0, 0.1) is 11.8 Å². The predicted molar refractivity (Wildman–Crippen MR) is 96.0 cm³/mol. The zero-order valence-corrected chi connectivity index (χ0v) is 14.4. The third kappa shape index (κ3) is 3.96. The summed E-state index contributed by atoms with van der Waals surface area (Å²) in [6.45, 7) is 4.99. The first-order valence-corrected chi connectivity index (χ1v) is 9.05. The van der Waals surface area contributed by atoms with E-state index in [1.54, 1.807) is 4.90 Å². The molecule has 2 atom stereocenters. The molecule has 2 fully saturated rings. The van der Waals surface area contributed by atoms with Crippen molar-refractivity contribution in [3.05, 3.63) is 24.3 Å². The number of carbonyl (C=O) groups is 2. The molecule has 3 rings (SSSR count). The van der Waals surface area contributed by atoms with Gasteiger partial charge in [0.25, 0.3) is 0 Å². The van der Waals surface area contributed by atoms with Crippen molar-refractivity contribution in [2.24, 2.45) is 11.8 Å². The summed E-state index contributed by atoms with van der Waals surface area (Å²) in [5.41, 5.74) is 1.56. The third-order valence-corrected chi connectivity index (χ3v) is 5.19. The number of benzene rings is 1. The summed E-state index contributed by atoms with van der Waals surface area (Å²) in [5, 5.41) is 6.44. The summed E-state index contributed by atoms with van der Waals surface area (Å²) in [6.07, 6.45) is 4.38. The van der Waals surface area contributed by atoms with E-state index in [9.17, 15) is 9.59 Å². The van der Waals surface area contributed by atoms with E-state index in [2.05, 4.69) is 17.6 Å². The normalized spacial score (nSPS) is 22.5. The molecule has 5 heteroatoms. The van der Waals surface area contributed by atoms with Gasteiger partial charge >= 0.3 is 0 Å². The minimum atomic E-state index is 0.0344. The molecule has 2 amide bonds. The van der Waals surface area contributed by atoms with Crippen LogP contribution < -0.4 is 15.5 Å². The van der Waals surface area contributed by atoms with E-state index in [0.717, 1.165) is 37.4 Å². The first-order valence-electron chi connectivity index (χ1n) is 9.05. The zero-order valence-electron chi connectivity index (χ0n) is 14.4. The molecule has 24 heavy (non-hydrogen) atoms. The van der Waals surface area contributed by atoms with Gasteiger partial charge in [-0.15, -0.1) is 0 Å². The van der Waals surface area contributed by atoms with E-state index in [-0.39, 0.29) is 11.8 Å². The fraction of sp³-hybridized carbons (Fsp3) is 0.579. The Morgan fingerprint density at radius 2 is 2.21 bits per heavy atom. The highest BCUT2D eigenvalue weighted by Crippen LogP contribution is 2.30. The summed E-state index contributed by atoms with van der Waals surface area (Å²) < 4.78 is 0. The SMILES string of the molecule is CC(CC(=O)Nc1ccccc1N1CCCC1=O)C1CCCNC1. The quantitative estimate of drug-likeness (QED) is 0.873. The number of nitrogens with one attached hydrogen (secondary N) is 2. The van der Waals surface area contributed by atoms with Gasteiger partial charge in [0.2, 0.25) is 11.8 Å². The van der Waals surface area contributed by atoms with E-state index < -0.39 is 0 Å². The van der Waals surface area contributed by atoms with Gasteiger partial charge in [-0.05, 0) is 56.3 Å². The molecular weight excluding hydrogens is 302 g/mol. The molecule has 2 aliphatic rings. The molecule has 2 aliphatic heterocycles. The highest BCUT2D eigenvalue weighted by molar-refractivity contribution is 6.02. The molecule has 1 aromatic rings. The van der Waals surface area contributed by atoms with Crippen LogP contribution in [-0.2, 0) is 9.59 Å². The van der Waals surface area contributed by atoms with Gasteiger partial charge in [-0.1, -0.05) is 19.1 Å². The van der Waals surface area contributed by atoms with Crippen LogP contribution in [0.15, 0.2) is 24.3 Å². The molecule has 0 bridgehead atoms. The van der Waals surface area contributed by atoms with Crippen LogP contribution in [0.1, 0.15) is 39.0 Å². The van der Waals surface area contributed by atoms with Crippen LogP contribution in [0.25, 0.3) is 0 Å². The van der Waals surface area contributed by atoms with Gasteiger partial charge in [-0.25, -0.2) is 0 Å². The fourth-order valence-electron chi connectivity index (χ4n) is 3.74. The number of amides is 2. The minimum absolute atomic E-state index is 0.0344. The van der Waals surface area contributed by atoms with Crippen LogP contribution in [0.4, 0.5) is 11.4 Å². The molecule has 0 aliphatic carbocycles. The Morgan fingerprint density at radius 1 is 1.38 bits per heavy atom. The van der Waals surface area contributed by atoms with Gasteiger partial charge in [0.1, 0.15) is 0 Å². The number of para-hydroxylation sites is 2. The Kier molecular flexibility index (Phi) is 5.51. The van der Waals surface area contributed by atoms with Crippen LogP contribution in [-0.4, -0.2) is 31.4 Å². The molecule has 130 valence electrons. The number of rotatable bonds is 5. The molecule has 0 saturated carbocycles. The van der Waals surface area contributed by atoms with Crippen molar-refractivity contribution in [2.75, 3.05) is 29.9 Å². The molecule has 0 aromatic heterocycles. The molecule has 2 saturated heterocycles. The summed E-state index contributed by atoms with van der Waals surface area (Å²) >= 11 is 0. The molecule has 0 radical (unpaired) electrons. The first kappa shape index (κ1) is 17.0. The summed E-state index contributed by atoms with van der Waals surface area (Å²) in [5.74, 6) is 1.10. The lowest BCUT2D eigenvalue weighted by molar-refractivity contribution is -0.118. The van der Waals surface area contributed by atoms with E-state index in [1.807, 2.05) is 24.3 Å². The molecule has 0 spiro atoms. The maximum Gasteiger partial charge on any atom is 0.227 e. The standard InChI is InChI=1S/C19H27N3O2/c1-14(15-6-4-10-20-13-15)12-18(23)21-16-7-2-3-8-17(16)22-11-5-9-19(22)24/h2-3,7-8,14-15,20H,4-6,9-13H2,1H3,(H,21,23). The molecule has 2 heterocycles. The molecule has 1 aromatic carbocycles. The van der Waals surface area contributed by atoms with Crippen molar-refractivity contribution in [1.29, 1.82) is 0 Å². The topological polar surface area (TPSA) is 61.4 Å². The number of carbonyl (C=O) groups excluding carboxylic acids is 2. The van der Waals surface area contributed by atoms with Gasteiger partial charge in [0.05, 0.1) is 11.4 Å². The summed E-state index contributed by atoms with van der Waals surface area (Å²) in [6, 6.07) is 7.60. The van der Waals surface area contributed by atoms with Gasteiger partial charge in [0, 0.05) is 19.4 Å². The minimum Gasteiger partial charge on any atom is -0.324 e. The Morgan fingerprint density at radius 3 is 2.92 bits per heavy atom. The lowest BCUT2D eigenvalue weighted by Gasteiger charge is -2.28. The second kappa shape index (κ2) is 7.79. The Bertz CT molecular complexity index is 596. The molecular formula is C19H27N3O2. The second-order valence-corrected chi connectivity index (χ2v) is 7.00. The number of piperidine rings is 1. The smallest absolute Gasteiger partial charge is 0.227 e. The van der Waals surface area contributed by atoms with Crippen molar-refractivity contribution in [2.45, 2.75) is 39.0 Å². The third-order valence-electron chi connectivity index (χ3n) is 5.19. The van der Waals surface area contributed by atoms with E-state index in [1.165, 1.54) is 12.8 Å². The molecule has 2 N–H and O–H groups in total. The highest BCUT2D eigenvalue weighted by Gasteiger charge is 2.25. The summed E-state index contributed by atoms with van der Waals surface area (Å²) in [7, 11) is 0. The van der Waals surface area contributed by atoms with Crippen LogP contribution >= 0.6 is 0 Å². The van der Waals surface area contributed by atoms with Gasteiger partial charge in [-0.2, -0.15) is 0 Å². The maximum atomic E-state index is 12.5. The van der Waals surface area contributed by atoms with Crippen molar-refractivity contribution in [1.82, 2.24) is 5.32 Å². The highest BCUT2D eigenvalue weighted by atomic mass is 16.2. The van der Waals surface area contributed by atoms with Crippen LogP contribution in [0.3, 0.4) is 0 Å².